The zero-order valence-corrected chi connectivity index (χ0v) is 8.14. The molecule has 0 aromatic rings. The number of primary amides is 2. The van der Waals surface area contributed by atoms with Crippen molar-refractivity contribution in [1.29, 1.82) is 0 Å². The highest BCUT2D eigenvalue weighted by molar-refractivity contribution is 5.93. The fraction of sp³-hybridized carbons (Fsp3) is 0.333. The van der Waals surface area contributed by atoms with E-state index in [-0.39, 0.29) is 17.6 Å². The lowest BCUT2D eigenvalue weighted by molar-refractivity contribution is -0.115. The van der Waals surface area contributed by atoms with Gasteiger partial charge in [-0.25, -0.2) is 0 Å². The van der Waals surface area contributed by atoms with Crippen LogP contribution in [0.4, 0.5) is 0 Å². The zero-order valence-electron chi connectivity index (χ0n) is 8.14. The first-order chi connectivity index (χ1) is 7.02. The summed E-state index contributed by atoms with van der Waals surface area (Å²) in [5.74, 6) is -1.43. The SMILES string of the molecule is NC(=O)C=CCC(CO)=C(CO)C(N)=O. The number of aliphatic hydroxyl groups is 2. The molecule has 0 radical (unpaired) electrons. The smallest absolute Gasteiger partial charge is 0.247 e. The molecule has 6 heteroatoms. The van der Waals surface area contributed by atoms with Crippen molar-refractivity contribution >= 4 is 11.8 Å². The Balaban J connectivity index is 4.72. The standard InChI is InChI=1S/C9H14N2O4/c10-8(14)3-1-2-6(4-12)7(5-13)9(11)15/h1,3,12-13H,2,4-5H2,(H2,10,14)(H2,11,15). The van der Waals surface area contributed by atoms with Crippen molar-refractivity contribution in [1.82, 2.24) is 0 Å². The Labute approximate surface area is 86.9 Å². The molecule has 0 aromatic carbocycles. The molecule has 0 aliphatic heterocycles. The Morgan fingerprint density at radius 2 is 1.73 bits per heavy atom. The van der Waals surface area contributed by atoms with Crippen LogP contribution in [0.5, 0.6) is 0 Å². The Kier molecular flexibility index (Phi) is 6.00. The average molecular weight is 214 g/mol. The largest absolute Gasteiger partial charge is 0.392 e. The van der Waals surface area contributed by atoms with Crippen LogP contribution in [0, 0.1) is 0 Å². The van der Waals surface area contributed by atoms with Crippen molar-refractivity contribution in [3.8, 4) is 0 Å². The van der Waals surface area contributed by atoms with E-state index in [2.05, 4.69) is 0 Å². The topological polar surface area (TPSA) is 127 Å². The van der Waals surface area contributed by atoms with E-state index in [1.165, 1.54) is 6.08 Å². The van der Waals surface area contributed by atoms with E-state index in [4.69, 9.17) is 21.7 Å². The van der Waals surface area contributed by atoms with E-state index < -0.39 is 25.0 Å². The summed E-state index contributed by atoms with van der Waals surface area (Å²) in [7, 11) is 0. The first-order valence-electron chi connectivity index (χ1n) is 4.21. The molecule has 0 saturated carbocycles. The normalized spacial score (nSPS) is 12.7. The first-order valence-corrected chi connectivity index (χ1v) is 4.21. The van der Waals surface area contributed by atoms with E-state index in [9.17, 15) is 9.59 Å². The van der Waals surface area contributed by atoms with E-state index in [1.54, 1.807) is 0 Å². The van der Waals surface area contributed by atoms with Crippen LogP contribution in [0.1, 0.15) is 6.42 Å². The van der Waals surface area contributed by atoms with Crippen LogP contribution in [0.25, 0.3) is 0 Å². The van der Waals surface area contributed by atoms with Crippen molar-refractivity contribution in [3.63, 3.8) is 0 Å². The molecule has 15 heavy (non-hydrogen) atoms. The summed E-state index contributed by atoms with van der Waals surface area (Å²) in [6.45, 7) is -0.961. The van der Waals surface area contributed by atoms with Crippen LogP contribution in [-0.4, -0.2) is 35.2 Å². The second-order valence-corrected chi connectivity index (χ2v) is 2.77. The first kappa shape index (κ1) is 13.3. The fourth-order valence-corrected chi connectivity index (χ4v) is 0.964. The van der Waals surface area contributed by atoms with Crippen molar-refractivity contribution in [2.24, 2.45) is 11.5 Å². The van der Waals surface area contributed by atoms with Gasteiger partial charge in [0.15, 0.2) is 0 Å². The molecule has 6 N–H and O–H groups in total. The second-order valence-electron chi connectivity index (χ2n) is 2.77. The number of carbonyl (C=O) groups excluding carboxylic acids is 2. The minimum Gasteiger partial charge on any atom is -0.392 e. The predicted molar refractivity (Wildman–Crippen MR) is 53.3 cm³/mol. The average Bonchev–Trinajstić information content (AvgIpc) is 2.15. The monoisotopic (exact) mass is 214 g/mol. The number of aliphatic hydroxyl groups excluding tert-OH is 2. The van der Waals surface area contributed by atoms with Gasteiger partial charge in [0, 0.05) is 5.57 Å². The number of hydrogen-bond acceptors (Lipinski definition) is 4. The van der Waals surface area contributed by atoms with Crippen molar-refractivity contribution in [2.45, 2.75) is 6.42 Å². The van der Waals surface area contributed by atoms with Crippen LogP contribution >= 0.6 is 0 Å². The summed E-state index contributed by atoms with van der Waals surface area (Å²) in [6, 6.07) is 0. The minimum atomic E-state index is -0.797. The summed E-state index contributed by atoms with van der Waals surface area (Å²) in [5.41, 5.74) is 10.0. The molecule has 0 saturated heterocycles. The molecule has 0 aliphatic rings. The highest BCUT2D eigenvalue weighted by Crippen LogP contribution is 2.08. The van der Waals surface area contributed by atoms with Crippen LogP contribution in [0.3, 0.4) is 0 Å². The van der Waals surface area contributed by atoms with Gasteiger partial charge < -0.3 is 21.7 Å². The highest BCUT2D eigenvalue weighted by Gasteiger charge is 2.09. The Bertz CT molecular complexity index is 307. The lowest BCUT2D eigenvalue weighted by Gasteiger charge is -2.06. The molecule has 0 heterocycles. The summed E-state index contributed by atoms with van der Waals surface area (Å²) in [6.07, 6.45) is 2.62. The molecule has 84 valence electrons. The molecule has 0 rings (SSSR count). The van der Waals surface area contributed by atoms with Gasteiger partial charge in [0.05, 0.1) is 13.2 Å². The lowest BCUT2D eigenvalue weighted by atomic mass is 10.1. The molecule has 2 amide bonds. The molecule has 0 spiro atoms. The molecule has 0 aromatic heterocycles. The molecule has 6 nitrogen and oxygen atoms in total. The van der Waals surface area contributed by atoms with Gasteiger partial charge in [-0.05, 0) is 18.1 Å². The molecule has 0 atom stereocenters. The number of carbonyl (C=O) groups is 2. The van der Waals surface area contributed by atoms with Crippen molar-refractivity contribution < 1.29 is 19.8 Å². The number of allylic oxidation sites excluding steroid dienone is 1. The van der Waals surface area contributed by atoms with Gasteiger partial charge in [-0.15, -0.1) is 0 Å². The fourth-order valence-electron chi connectivity index (χ4n) is 0.964. The third-order valence-electron chi connectivity index (χ3n) is 1.72. The highest BCUT2D eigenvalue weighted by atomic mass is 16.3. The maximum atomic E-state index is 10.8. The molecule has 0 fully saturated rings. The third kappa shape index (κ3) is 4.94. The van der Waals surface area contributed by atoms with E-state index in [1.807, 2.05) is 0 Å². The van der Waals surface area contributed by atoms with Gasteiger partial charge in [0.25, 0.3) is 0 Å². The number of amides is 2. The van der Waals surface area contributed by atoms with E-state index >= 15 is 0 Å². The molecule has 0 bridgehead atoms. The number of rotatable bonds is 6. The maximum Gasteiger partial charge on any atom is 0.247 e. The van der Waals surface area contributed by atoms with Gasteiger partial charge in [-0.1, -0.05) is 6.08 Å². The second kappa shape index (κ2) is 6.74. The Morgan fingerprint density at radius 3 is 2.07 bits per heavy atom. The van der Waals surface area contributed by atoms with Gasteiger partial charge in [0.2, 0.25) is 11.8 Å². The lowest BCUT2D eigenvalue weighted by Crippen LogP contribution is -2.19. The van der Waals surface area contributed by atoms with Crippen LogP contribution in [-0.2, 0) is 9.59 Å². The van der Waals surface area contributed by atoms with Crippen LogP contribution in [0.2, 0.25) is 0 Å². The summed E-state index contributed by atoms with van der Waals surface area (Å²) in [5, 5.41) is 17.7. The van der Waals surface area contributed by atoms with Crippen molar-refractivity contribution in [3.05, 3.63) is 23.3 Å². The maximum absolute atomic E-state index is 10.8. The van der Waals surface area contributed by atoms with Crippen LogP contribution < -0.4 is 11.5 Å². The summed E-state index contributed by atoms with van der Waals surface area (Å²) < 4.78 is 0. The van der Waals surface area contributed by atoms with Gasteiger partial charge in [0.1, 0.15) is 0 Å². The summed E-state index contributed by atoms with van der Waals surface area (Å²) >= 11 is 0. The Morgan fingerprint density at radius 1 is 1.13 bits per heavy atom. The third-order valence-corrected chi connectivity index (χ3v) is 1.72. The van der Waals surface area contributed by atoms with Gasteiger partial charge >= 0.3 is 0 Å². The van der Waals surface area contributed by atoms with E-state index in [0.29, 0.717) is 0 Å². The van der Waals surface area contributed by atoms with Gasteiger partial charge in [-0.3, -0.25) is 9.59 Å². The van der Waals surface area contributed by atoms with E-state index in [0.717, 1.165) is 6.08 Å². The Hall–Kier alpha value is -1.66. The molecular weight excluding hydrogens is 200 g/mol. The quantitative estimate of drug-likeness (QED) is 0.388. The molecule has 0 unspecified atom stereocenters. The summed E-state index contributed by atoms with van der Waals surface area (Å²) in [4.78, 5) is 21.2. The number of hydrogen-bond donors (Lipinski definition) is 4. The minimum absolute atomic E-state index is 0.0494. The van der Waals surface area contributed by atoms with Crippen LogP contribution in [0.15, 0.2) is 23.3 Å². The predicted octanol–water partition coefficient (Wildman–Crippen LogP) is -1.82. The molecule has 0 aliphatic carbocycles. The van der Waals surface area contributed by atoms with Crippen molar-refractivity contribution in [2.75, 3.05) is 13.2 Å². The van der Waals surface area contributed by atoms with Gasteiger partial charge in [-0.2, -0.15) is 0 Å². The zero-order chi connectivity index (χ0) is 11.8. The molecular formula is C9H14N2O4. The number of nitrogens with two attached hydrogens (primary N) is 2.